The molecule has 0 radical (unpaired) electrons. The molecule has 0 aromatic heterocycles. The zero-order valence-electron chi connectivity index (χ0n) is 12.8. The molecule has 4 heteroatoms. The van der Waals surface area contributed by atoms with Crippen LogP contribution >= 0.6 is 0 Å². The molecule has 0 spiro atoms. The maximum absolute atomic E-state index is 11.7. The van der Waals surface area contributed by atoms with Crippen LogP contribution in [0.3, 0.4) is 0 Å². The van der Waals surface area contributed by atoms with E-state index >= 15 is 0 Å². The Morgan fingerprint density at radius 2 is 1.63 bits per heavy atom. The molecule has 0 atom stereocenters. The molecular formula is C15H27NO3. The van der Waals surface area contributed by atoms with E-state index in [1.165, 1.54) is 25.7 Å². The molecule has 1 N–H and O–H groups in total. The zero-order valence-corrected chi connectivity index (χ0v) is 12.8. The van der Waals surface area contributed by atoms with Crippen LogP contribution in [0.1, 0.15) is 60.3 Å². The highest BCUT2D eigenvalue weighted by molar-refractivity contribution is 6.32. The van der Waals surface area contributed by atoms with E-state index in [0.29, 0.717) is 12.5 Å². The van der Waals surface area contributed by atoms with Crippen molar-refractivity contribution in [2.75, 3.05) is 6.54 Å². The summed E-state index contributed by atoms with van der Waals surface area (Å²) >= 11 is 0. The number of hydrogen-bond donors (Lipinski definition) is 1. The van der Waals surface area contributed by atoms with Crippen LogP contribution in [0.5, 0.6) is 0 Å². The first-order valence-corrected chi connectivity index (χ1v) is 7.13. The van der Waals surface area contributed by atoms with Gasteiger partial charge in [0, 0.05) is 6.54 Å². The van der Waals surface area contributed by atoms with Crippen LogP contribution in [0.2, 0.25) is 0 Å². The van der Waals surface area contributed by atoms with E-state index in [1.807, 2.05) is 0 Å². The molecule has 1 aliphatic carbocycles. The summed E-state index contributed by atoms with van der Waals surface area (Å²) in [5, 5.41) is 2.71. The van der Waals surface area contributed by atoms with Gasteiger partial charge in [-0.3, -0.25) is 4.79 Å². The Balaban J connectivity index is 2.42. The molecule has 0 aromatic carbocycles. The van der Waals surface area contributed by atoms with Gasteiger partial charge in [0.05, 0.1) is 0 Å². The summed E-state index contributed by atoms with van der Waals surface area (Å²) in [7, 11) is 0. The topological polar surface area (TPSA) is 55.4 Å². The van der Waals surface area contributed by atoms with Crippen molar-refractivity contribution in [2.45, 2.75) is 65.9 Å². The maximum Gasteiger partial charge on any atom is 0.397 e. The standard InChI is InChI=1S/C15H27NO3/c1-14(2,3)19-13(18)12(17)16-10-15(4,5)11-8-6-7-9-11/h11H,6-10H2,1-5H3,(H,16,17). The van der Waals surface area contributed by atoms with E-state index in [-0.39, 0.29) is 5.41 Å². The maximum atomic E-state index is 11.7. The quantitative estimate of drug-likeness (QED) is 0.633. The minimum absolute atomic E-state index is 0.0359. The van der Waals surface area contributed by atoms with Crippen LogP contribution in [0.15, 0.2) is 0 Å². The van der Waals surface area contributed by atoms with Gasteiger partial charge in [-0.1, -0.05) is 26.7 Å². The van der Waals surface area contributed by atoms with Crippen LogP contribution in [-0.2, 0) is 14.3 Å². The van der Waals surface area contributed by atoms with Crippen LogP contribution in [0.25, 0.3) is 0 Å². The molecule has 0 saturated heterocycles. The lowest BCUT2D eigenvalue weighted by molar-refractivity contribution is -0.163. The molecule has 0 unspecified atom stereocenters. The van der Waals surface area contributed by atoms with Crippen molar-refractivity contribution in [3.8, 4) is 0 Å². The SMILES string of the molecule is CC(C)(C)OC(=O)C(=O)NCC(C)(C)C1CCCC1. The Morgan fingerprint density at radius 3 is 2.11 bits per heavy atom. The summed E-state index contributed by atoms with van der Waals surface area (Å²) in [6.07, 6.45) is 4.98. The molecule has 110 valence electrons. The van der Waals surface area contributed by atoms with Crippen LogP contribution in [-0.4, -0.2) is 24.0 Å². The van der Waals surface area contributed by atoms with Gasteiger partial charge in [-0.25, -0.2) is 4.79 Å². The Morgan fingerprint density at radius 1 is 1.11 bits per heavy atom. The normalized spacial score (nSPS) is 17.3. The van der Waals surface area contributed by atoms with Crippen LogP contribution in [0, 0.1) is 11.3 Å². The van der Waals surface area contributed by atoms with Crippen molar-refractivity contribution < 1.29 is 14.3 Å². The van der Waals surface area contributed by atoms with Gasteiger partial charge in [0.25, 0.3) is 0 Å². The molecule has 1 amide bonds. The second-order valence-electron chi connectivity index (χ2n) is 7.15. The van der Waals surface area contributed by atoms with E-state index in [2.05, 4.69) is 19.2 Å². The fourth-order valence-corrected chi connectivity index (χ4v) is 2.56. The third kappa shape index (κ3) is 5.21. The summed E-state index contributed by atoms with van der Waals surface area (Å²) in [5.74, 6) is -0.804. The zero-order chi connectivity index (χ0) is 14.7. The van der Waals surface area contributed by atoms with Gasteiger partial charge in [0.1, 0.15) is 5.60 Å². The van der Waals surface area contributed by atoms with E-state index in [9.17, 15) is 9.59 Å². The highest BCUT2D eigenvalue weighted by Crippen LogP contribution is 2.38. The lowest BCUT2D eigenvalue weighted by Crippen LogP contribution is -2.43. The minimum atomic E-state index is -0.797. The third-order valence-electron chi connectivity index (χ3n) is 3.75. The second kappa shape index (κ2) is 5.93. The Labute approximate surface area is 116 Å². The smallest absolute Gasteiger partial charge is 0.397 e. The third-order valence-corrected chi connectivity index (χ3v) is 3.75. The molecule has 0 aromatic rings. The monoisotopic (exact) mass is 269 g/mol. The first-order chi connectivity index (χ1) is 8.62. The molecule has 0 bridgehead atoms. The van der Waals surface area contributed by atoms with Crippen molar-refractivity contribution in [1.29, 1.82) is 0 Å². The van der Waals surface area contributed by atoms with E-state index < -0.39 is 17.5 Å². The van der Waals surface area contributed by atoms with Crippen molar-refractivity contribution in [3.05, 3.63) is 0 Å². The van der Waals surface area contributed by atoms with E-state index in [0.717, 1.165) is 0 Å². The molecule has 19 heavy (non-hydrogen) atoms. The molecule has 0 heterocycles. The second-order valence-corrected chi connectivity index (χ2v) is 7.15. The lowest BCUT2D eigenvalue weighted by Gasteiger charge is -2.31. The Bertz CT molecular complexity index is 336. The van der Waals surface area contributed by atoms with Crippen LogP contribution in [0.4, 0.5) is 0 Å². The van der Waals surface area contributed by atoms with Gasteiger partial charge in [-0.2, -0.15) is 0 Å². The first-order valence-electron chi connectivity index (χ1n) is 7.13. The summed E-state index contributed by atoms with van der Waals surface area (Å²) in [4.78, 5) is 23.3. The Hall–Kier alpha value is -1.06. The summed E-state index contributed by atoms with van der Waals surface area (Å²) in [6, 6.07) is 0. The number of nitrogens with one attached hydrogen (secondary N) is 1. The molecular weight excluding hydrogens is 242 g/mol. The lowest BCUT2D eigenvalue weighted by atomic mass is 9.78. The van der Waals surface area contributed by atoms with Gasteiger partial charge in [-0.05, 0) is 44.9 Å². The fraction of sp³-hybridized carbons (Fsp3) is 0.867. The predicted octanol–water partition coefficient (Wildman–Crippen LogP) is 2.66. The van der Waals surface area contributed by atoms with Gasteiger partial charge in [0.15, 0.2) is 0 Å². The fourth-order valence-electron chi connectivity index (χ4n) is 2.56. The van der Waals surface area contributed by atoms with Crippen molar-refractivity contribution in [2.24, 2.45) is 11.3 Å². The van der Waals surface area contributed by atoms with Crippen molar-refractivity contribution in [3.63, 3.8) is 0 Å². The molecule has 0 aliphatic heterocycles. The molecule has 4 nitrogen and oxygen atoms in total. The summed E-state index contributed by atoms with van der Waals surface area (Å²) in [6.45, 7) is 10.1. The van der Waals surface area contributed by atoms with Gasteiger partial charge in [-0.15, -0.1) is 0 Å². The average molecular weight is 269 g/mol. The van der Waals surface area contributed by atoms with E-state index in [4.69, 9.17) is 4.74 Å². The van der Waals surface area contributed by atoms with E-state index in [1.54, 1.807) is 20.8 Å². The van der Waals surface area contributed by atoms with Crippen molar-refractivity contribution in [1.82, 2.24) is 5.32 Å². The summed E-state index contributed by atoms with van der Waals surface area (Å²) in [5.41, 5.74) is -0.594. The van der Waals surface area contributed by atoms with Gasteiger partial charge in [0.2, 0.25) is 0 Å². The number of carbonyl (C=O) groups excluding carboxylic acids is 2. The molecule has 1 fully saturated rings. The van der Waals surface area contributed by atoms with Gasteiger partial charge < -0.3 is 10.1 Å². The highest BCUT2D eigenvalue weighted by atomic mass is 16.6. The number of rotatable bonds is 3. The largest absolute Gasteiger partial charge is 0.453 e. The Kier molecular flexibility index (Phi) is 4.99. The summed E-state index contributed by atoms with van der Waals surface area (Å²) < 4.78 is 5.04. The number of hydrogen-bond acceptors (Lipinski definition) is 3. The number of ether oxygens (including phenoxy) is 1. The van der Waals surface area contributed by atoms with Crippen LogP contribution < -0.4 is 5.32 Å². The number of amides is 1. The number of carbonyl (C=O) groups is 2. The first kappa shape index (κ1) is 16.0. The highest BCUT2D eigenvalue weighted by Gasteiger charge is 2.33. The molecule has 1 saturated carbocycles. The molecule has 1 rings (SSSR count). The molecule has 1 aliphatic rings. The number of esters is 1. The van der Waals surface area contributed by atoms with Crippen molar-refractivity contribution >= 4 is 11.9 Å². The average Bonchev–Trinajstić information content (AvgIpc) is 2.77. The predicted molar refractivity (Wildman–Crippen MR) is 74.6 cm³/mol. The minimum Gasteiger partial charge on any atom is -0.453 e. The van der Waals surface area contributed by atoms with Gasteiger partial charge >= 0.3 is 11.9 Å².